The Kier molecular flexibility index (Phi) is 5.04. The molecule has 2 aromatic carbocycles. The Morgan fingerprint density at radius 3 is 1.46 bits per heavy atom. The van der Waals surface area contributed by atoms with Gasteiger partial charge in [0.1, 0.15) is 11.6 Å². The first-order valence-corrected chi connectivity index (χ1v) is 10.2. The zero-order valence-electron chi connectivity index (χ0n) is 13.7. The van der Waals surface area contributed by atoms with Gasteiger partial charge in [0.2, 0.25) is 0 Å². The molecule has 140 valence electrons. The Morgan fingerprint density at radius 1 is 0.714 bits per heavy atom. The molecule has 2 aliphatic heterocycles. The van der Waals surface area contributed by atoms with Gasteiger partial charge in [-0.25, -0.2) is 8.78 Å². The monoisotopic (exact) mass is 450 g/mol. The zero-order chi connectivity index (χ0) is 20.0. The lowest BCUT2D eigenvalue weighted by Gasteiger charge is -2.15. The van der Waals surface area contributed by atoms with Gasteiger partial charge >= 0.3 is 0 Å². The van der Waals surface area contributed by atoms with E-state index >= 15 is 0 Å². The lowest BCUT2D eigenvalue weighted by atomic mass is 10.2. The maximum Gasteiger partial charge on any atom is 0.272 e. The van der Waals surface area contributed by atoms with E-state index in [2.05, 4.69) is 0 Å². The second kappa shape index (κ2) is 7.36. The summed E-state index contributed by atoms with van der Waals surface area (Å²) < 4.78 is 27.5. The third-order valence-corrected chi connectivity index (χ3v) is 6.75. The van der Waals surface area contributed by atoms with Crippen molar-refractivity contribution < 1.29 is 18.4 Å². The predicted octanol–water partition coefficient (Wildman–Crippen LogP) is 4.61. The van der Waals surface area contributed by atoms with E-state index in [4.69, 9.17) is 24.4 Å². The van der Waals surface area contributed by atoms with E-state index < -0.39 is 23.4 Å². The highest BCUT2D eigenvalue weighted by molar-refractivity contribution is 8.30. The fourth-order valence-electron chi connectivity index (χ4n) is 2.68. The molecule has 2 amide bonds. The van der Waals surface area contributed by atoms with Crippen LogP contribution in [0, 0.1) is 11.6 Å². The van der Waals surface area contributed by atoms with E-state index in [9.17, 15) is 18.4 Å². The first kappa shape index (κ1) is 19.2. The number of amides is 2. The van der Waals surface area contributed by atoms with Crippen molar-refractivity contribution in [1.82, 2.24) is 0 Å². The molecule has 0 spiro atoms. The molecule has 2 heterocycles. The summed E-state index contributed by atoms with van der Waals surface area (Å²) in [7, 11) is 0. The maximum atomic E-state index is 13.5. The number of nitrogens with zero attached hydrogens (tertiary/aromatic N) is 2. The van der Waals surface area contributed by atoms with Crippen molar-refractivity contribution in [2.24, 2.45) is 0 Å². The van der Waals surface area contributed by atoms with E-state index in [0.717, 1.165) is 23.5 Å². The first-order chi connectivity index (χ1) is 13.4. The number of anilines is 2. The summed E-state index contributed by atoms with van der Waals surface area (Å²) in [6.07, 6.45) is 0. The van der Waals surface area contributed by atoms with Crippen LogP contribution in [0.5, 0.6) is 0 Å². The van der Waals surface area contributed by atoms with Crippen LogP contribution < -0.4 is 9.80 Å². The molecule has 0 unspecified atom stereocenters. The second-order valence-corrected chi connectivity index (χ2v) is 8.92. The van der Waals surface area contributed by atoms with E-state index in [1.165, 1.54) is 46.2 Å². The molecule has 0 aliphatic carbocycles. The van der Waals surface area contributed by atoms with Crippen LogP contribution in [0.1, 0.15) is 0 Å². The van der Waals surface area contributed by atoms with E-state index in [1.807, 2.05) is 0 Å². The molecule has 10 heteroatoms. The van der Waals surface area contributed by atoms with Gasteiger partial charge in [-0.3, -0.25) is 19.4 Å². The van der Waals surface area contributed by atoms with Gasteiger partial charge in [0.25, 0.3) is 11.8 Å². The molecule has 2 aromatic rings. The van der Waals surface area contributed by atoms with Crippen LogP contribution in [-0.4, -0.2) is 20.5 Å². The van der Waals surface area contributed by atoms with Gasteiger partial charge in [-0.2, -0.15) is 0 Å². The highest BCUT2D eigenvalue weighted by atomic mass is 32.2. The summed E-state index contributed by atoms with van der Waals surface area (Å²) in [5.74, 6) is -2.08. The smallest absolute Gasteiger partial charge is 0.268 e. The standard InChI is InChI=1S/C18H8F2N2O2S4/c19-9-3-1-5-11(7-9)21-15(23)13(27-17(21)25)14-16(24)22(18(26)28-14)12-6-2-4-10(20)8-12/h1-8H/b14-13+. The molecular formula is C18H8F2N2O2S4. The Bertz CT molecular complexity index is 1020. The molecule has 4 nitrogen and oxygen atoms in total. The second-order valence-electron chi connectivity index (χ2n) is 5.64. The minimum Gasteiger partial charge on any atom is -0.268 e. The SMILES string of the molecule is O=C1/C(=C2\SC(=S)N(c3cccc(F)c3)C2=O)SC(=S)N1c1cccc(F)c1. The highest BCUT2D eigenvalue weighted by Gasteiger charge is 2.43. The normalized spacial score (nSPS) is 19.9. The van der Waals surface area contributed by atoms with E-state index in [-0.39, 0.29) is 29.8 Å². The molecule has 2 saturated heterocycles. The van der Waals surface area contributed by atoms with E-state index in [1.54, 1.807) is 12.1 Å². The van der Waals surface area contributed by atoms with Crippen LogP contribution in [-0.2, 0) is 9.59 Å². The van der Waals surface area contributed by atoms with Crippen LogP contribution in [0.2, 0.25) is 0 Å². The Balaban J connectivity index is 1.72. The van der Waals surface area contributed by atoms with Crippen LogP contribution in [0.3, 0.4) is 0 Å². The molecule has 0 radical (unpaired) electrons. The van der Waals surface area contributed by atoms with Crippen molar-refractivity contribution >= 4 is 79.8 Å². The number of rotatable bonds is 2. The molecule has 2 fully saturated rings. The minimum atomic E-state index is -0.527. The first-order valence-electron chi connectivity index (χ1n) is 7.75. The number of hydrogen-bond acceptors (Lipinski definition) is 6. The van der Waals surface area contributed by atoms with Gasteiger partial charge in [-0.05, 0) is 36.4 Å². The molecule has 0 aromatic heterocycles. The summed E-state index contributed by atoms with van der Waals surface area (Å²) in [5, 5.41) is 0. The van der Waals surface area contributed by atoms with Crippen LogP contribution in [0.25, 0.3) is 0 Å². The van der Waals surface area contributed by atoms with Crippen molar-refractivity contribution in [2.75, 3.05) is 9.80 Å². The molecule has 4 rings (SSSR count). The number of halogens is 2. The van der Waals surface area contributed by atoms with Crippen molar-refractivity contribution in [3.63, 3.8) is 0 Å². The maximum absolute atomic E-state index is 13.5. The average Bonchev–Trinajstić information content (AvgIpc) is 3.10. The van der Waals surface area contributed by atoms with Crippen LogP contribution in [0.4, 0.5) is 20.2 Å². The summed E-state index contributed by atoms with van der Waals surface area (Å²) in [4.78, 5) is 28.4. The Morgan fingerprint density at radius 2 is 1.11 bits per heavy atom. The number of benzene rings is 2. The molecule has 0 atom stereocenters. The van der Waals surface area contributed by atoms with Crippen molar-refractivity contribution in [2.45, 2.75) is 0 Å². The zero-order valence-corrected chi connectivity index (χ0v) is 17.0. The average molecular weight is 451 g/mol. The number of hydrogen-bond donors (Lipinski definition) is 0. The summed E-state index contributed by atoms with van der Waals surface area (Å²) in [5.41, 5.74) is 0.552. The lowest BCUT2D eigenvalue weighted by molar-refractivity contribution is -0.115. The van der Waals surface area contributed by atoms with Gasteiger partial charge in [0.05, 0.1) is 21.2 Å². The summed E-state index contributed by atoms with van der Waals surface area (Å²) in [6.45, 7) is 0. The number of thiocarbonyl (C=S) groups is 2. The van der Waals surface area contributed by atoms with Crippen LogP contribution >= 0.6 is 48.0 Å². The van der Waals surface area contributed by atoms with Gasteiger partial charge in [-0.15, -0.1) is 0 Å². The summed E-state index contributed by atoms with van der Waals surface area (Å²) in [6, 6.07) is 10.9. The molecule has 2 aliphatic rings. The highest BCUT2D eigenvalue weighted by Crippen LogP contribution is 2.44. The number of carbonyl (C=O) groups is 2. The van der Waals surface area contributed by atoms with Gasteiger partial charge in [0.15, 0.2) is 8.64 Å². The fourth-order valence-corrected chi connectivity index (χ4v) is 5.44. The number of thioether (sulfide) groups is 2. The Labute approximate surface area is 177 Å². The van der Waals surface area contributed by atoms with Gasteiger partial charge in [-0.1, -0.05) is 60.1 Å². The molecule has 0 bridgehead atoms. The van der Waals surface area contributed by atoms with Crippen LogP contribution in [0.15, 0.2) is 58.3 Å². The number of carbonyl (C=O) groups excluding carboxylic acids is 2. The van der Waals surface area contributed by atoms with Gasteiger partial charge < -0.3 is 0 Å². The lowest BCUT2D eigenvalue weighted by Crippen LogP contribution is -2.29. The minimum absolute atomic E-state index is 0.116. The molecule has 28 heavy (non-hydrogen) atoms. The third-order valence-electron chi connectivity index (χ3n) is 3.88. The van der Waals surface area contributed by atoms with Crippen molar-refractivity contribution in [1.29, 1.82) is 0 Å². The topological polar surface area (TPSA) is 40.6 Å². The summed E-state index contributed by atoms with van der Waals surface area (Å²) >= 11 is 12.4. The van der Waals surface area contributed by atoms with E-state index in [0.29, 0.717) is 0 Å². The quantitative estimate of drug-likeness (QED) is 0.492. The van der Waals surface area contributed by atoms with Gasteiger partial charge in [0, 0.05) is 0 Å². The largest absolute Gasteiger partial charge is 0.272 e. The molecular weight excluding hydrogens is 442 g/mol. The third kappa shape index (κ3) is 3.26. The molecule has 0 saturated carbocycles. The van der Waals surface area contributed by atoms with Crippen molar-refractivity contribution in [3.05, 3.63) is 70.0 Å². The molecule has 0 N–H and O–H groups in total. The Hall–Kier alpha value is -2.14. The fraction of sp³-hybridized carbons (Fsp3) is 0. The predicted molar refractivity (Wildman–Crippen MR) is 115 cm³/mol. The van der Waals surface area contributed by atoms with Crippen molar-refractivity contribution in [3.8, 4) is 0 Å².